The molecule has 1 amide bonds. The Labute approximate surface area is 118 Å². The molecule has 0 radical (unpaired) electrons. The SMILES string of the molecule is CCOC(=O)N[C@H](CN=[N+]=[N-])c1cccc(C(F)(F)F)c1. The number of rotatable bonds is 5. The van der Waals surface area contributed by atoms with E-state index in [-0.39, 0.29) is 18.7 Å². The third kappa shape index (κ3) is 5.23. The number of azide groups is 1. The standard InChI is InChI=1S/C12H13F3N4O2/c1-2-21-11(20)18-10(7-17-19-16)8-4-3-5-9(6-8)12(13,14)15/h3-6,10H,2,7H2,1H3,(H,18,20)/t10-/m1/s1. The molecule has 0 bridgehead atoms. The number of halogens is 3. The second-order valence-electron chi connectivity index (χ2n) is 3.95. The molecule has 6 nitrogen and oxygen atoms in total. The summed E-state index contributed by atoms with van der Waals surface area (Å²) in [6.45, 7) is 1.48. The maximum atomic E-state index is 12.7. The van der Waals surface area contributed by atoms with Crippen molar-refractivity contribution in [3.63, 3.8) is 0 Å². The first-order chi connectivity index (χ1) is 9.88. The van der Waals surface area contributed by atoms with E-state index in [0.717, 1.165) is 12.1 Å². The molecule has 0 aromatic heterocycles. The minimum atomic E-state index is -4.50. The second kappa shape index (κ2) is 7.39. The average molecular weight is 302 g/mol. The molecular formula is C12H13F3N4O2. The van der Waals surface area contributed by atoms with Crippen LogP contribution in [0.1, 0.15) is 24.1 Å². The number of hydrogen-bond acceptors (Lipinski definition) is 3. The van der Waals surface area contributed by atoms with E-state index in [1.54, 1.807) is 6.92 Å². The van der Waals surface area contributed by atoms with Gasteiger partial charge in [-0.2, -0.15) is 13.2 Å². The van der Waals surface area contributed by atoms with Gasteiger partial charge in [0.2, 0.25) is 0 Å². The van der Waals surface area contributed by atoms with Crippen LogP contribution in [0.2, 0.25) is 0 Å². The normalized spacial score (nSPS) is 12.2. The van der Waals surface area contributed by atoms with Crippen LogP contribution < -0.4 is 5.32 Å². The van der Waals surface area contributed by atoms with Gasteiger partial charge in [0.05, 0.1) is 24.8 Å². The summed E-state index contributed by atoms with van der Waals surface area (Å²) in [5, 5.41) is 5.64. The lowest BCUT2D eigenvalue weighted by molar-refractivity contribution is -0.137. The molecule has 0 saturated carbocycles. The average Bonchev–Trinajstić information content (AvgIpc) is 2.43. The van der Waals surface area contributed by atoms with Crippen molar-refractivity contribution in [3.05, 3.63) is 45.8 Å². The Bertz CT molecular complexity index is 542. The van der Waals surface area contributed by atoms with Crippen LogP contribution in [-0.4, -0.2) is 19.2 Å². The third-order valence-corrected chi connectivity index (χ3v) is 2.51. The number of alkyl halides is 3. The number of benzene rings is 1. The van der Waals surface area contributed by atoms with Crippen LogP contribution in [-0.2, 0) is 10.9 Å². The molecule has 21 heavy (non-hydrogen) atoms. The molecule has 9 heteroatoms. The molecule has 1 N–H and O–H groups in total. The van der Waals surface area contributed by atoms with Crippen molar-refractivity contribution in [1.82, 2.24) is 5.32 Å². The van der Waals surface area contributed by atoms with Gasteiger partial charge in [-0.25, -0.2) is 4.79 Å². The molecule has 1 aromatic rings. The van der Waals surface area contributed by atoms with Crippen molar-refractivity contribution in [3.8, 4) is 0 Å². The summed E-state index contributed by atoms with van der Waals surface area (Å²) >= 11 is 0. The van der Waals surface area contributed by atoms with E-state index in [1.807, 2.05) is 0 Å². The number of nitrogens with zero attached hydrogens (tertiary/aromatic N) is 3. The lowest BCUT2D eigenvalue weighted by Crippen LogP contribution is -2.31. The van der Waals surface area contributed by atoms with E-state index >= 15 is 0 Å². The molecule has 1 atom stereocenters. The largest absolute Gasteiger partial charge is 0.450 e. The van der Waals surface area contributed by atoms with Gasteiger partial charge in [0.1, 0.15) is 0 Å². The summed E-state index contributed by atoms with van der Waals surface area (Å²) in [6, 6.07) is 3.53. The highest BCUT2D eigenvalue weighted by Gasteiger charge is 2.31. The van der Waals surface area contributed by atoms with Gasteiger partial charge >= 0.3 is 12.3 Å². The van der Waals surface area contributed by atoms with Gasteiger partial charge in [-0.15, -0.1) is 0 Å². The Kier molecular flexibility index (Phi) is 5.86. The highest BCUT2D eigenvalue weighted by Crippen LogP contribution is 2.30. The summed E-state index contributed by atoms with van der Waals surface area (Å²) in [4.78, 5) is 13.9. The zero-order chi connectivity index (χ0) is 15.9. The van der Waals surface area contributed by atoms with Gasteiger partial charge in [-0.05, 0) is 30.2 Å². The van der Waals surface area contributed by atoms with Crippen molar-refractivity contribution in [1.29, 1.82) is 0 Å². The number of alkyl carbamates (subject to hydrolysis) is 1. The Hall–Kier alpha value is -2.41. The molecule has 0 fully saturated rings. The maximum absolute atomic E-state index is 12.7. The van der Waals surface area contributed by atoms with Crippen molar-refractivity contribution in [2.75, 3.05) is 13.2 Å². The zero-order valence-electron chi connectivity index (χ0n) is 11.1. The lowest BCUT2D eigenvalue weighted by Gasteiger charge is -2.18. The molecule has 114 valence electrons. The molecule has 0 aliphatic heterocycles. The predicted octanol–water partition coefficient (Wildman–Crippen LogP) is 3.80. The number of carbonyl (C=O) groups is 1. The molecule has 0 saturated heterocycles. The summed E-state index contributed by atoms with van der Waals surface area (Å²) in [6.07, 6.45) is -5.30. The number of nitrogens with one attached hydrogen (secondary N) is 1. The van der Waals surface area contributed by atoms with Crippen LogP contribution >= 0.6 is 0 Å². The van der Waals surface area contributed by atoms with E-state index < -0.39 is 23.9 Å². The summed E-state index contributed by atoms with van der Waals surface area (Å²) in [7, 11) is 0. The molecule has 0 heterocycles. The number of amides is 1. The van der Waals surface area contributed by atoms with E-state index in [2.05, 4.69) is 20.1 Å². The first-order valence-corrected chi connectivity index (χ1v) is 5.99. The van der Waals surface area contributed by atoms with Gasteiger partial charge in [-0.1, -0.05) is 17.2 Å². The van der Waals surface area contributed by atoms with E-state index in [1.165, 1.54) is 12.1 Å². The molecule has 0 spiro atoms. The lowest BCUT2D eigenvalue weighted by atomic mass is 10.0. The molecule has 1 aromatic carbocycles. The molecule has 0 aliphatic carbocycles. The Morgan fingerprint density at radius 2 is 2.24 bits per heavy atom. The number of carbonyl (C=O) groups excluding carboxylic acids is 1. The summed E-state index contributed by atoms with van der Waals surface area (Å²) in [5.41, 5.74) is 7.64. The van der Waals surface area contributed by atoms with Crippen molar-refractivity contribution < 1.29 is 22.7 Å². The molecular weight excluding hydrogens is 289 g/mol. The fourth-order valence-electron chi connectivity index (χ4n) is 1.60. The monoisotopic (exact) mass is 302 g/mol. The van der Waals surface area contributed by atoms with Crippen LogP contribution in [0.15, 0.2) is 29.4 Å². The number of ether oxygens (including phenoxy) is 1. The maximum Gasteiger partial charge on any atom is 0.416 e. The minimum absolute atomic E-state index is 0.114. The Balaban J connectivity index is 3.02. The third-order valence-electron chi connectivity index (χ3n) is 2.51. The zero-order valence-corrected chi connectivity index (χ0v) is 11.1. The highest BCUT2D eigenvalue weighted by atomic mass is 19.4. The Morgan fingerprint density at radius 1 is 1.52 bits per heavy atom. The van der Waals surface area contributed by atoms with Crippen molar-refractivity contribution in [2.45, 2.75) is 19.1 Å². The first kappa shape index (κ1) is 16.6. The first-order valence-electron chi connectivity index (χ1n) is 5.99. The van der Waals surface area contributed by atoms with Gasteiger partial charge in [0.15, 0.2) is 0 Å². The van der Waals surface area contributed by atoms with Crippen molar-refractivity contribution in [2.24, 2.45) is 5.11 Å². The Morgan fingerprint density at radius 3 is 2.81 bits per heavy atom. The molecule has 0 unspecified atom stereocenters. The quantitative estimate of drug-likeness (QED) is 0.509. The summed E-state index contributed by atoms with van der Waals surface area (Å²) in [5.74, 6) is 0. The van der Waals surface area contributed by atoms with Crippen LogP contribution in [0.5, 0.6) is 0 Å². The smallest absolute Gasteiger partial charge is 0.416 e. The molecule has 0 aliphatic rings. The fourth-order valence-corrected chi connectivity index (χ4v) is 1.60. The van der Waals surface area contributed by atoms with Crippen LogP contribution in [0.25, 0.3) is 10.4 Å². The van der Waals surface area contributed by atoms with E-state index in [9.17, 15) is 18.0 Å². The van der Waals surface area contributed by atoms with Gasteiger partial charge in [-0.3, -0.25) is 0 Å². The van der Waals surface area contributed by atoms with Gasteiger partial charge < -0.3 is 10.1 Å². The number of hydrogen-bond donors (Lipinski definition) is 1. The van der Waals surface area contributed by atoms with Gasteiger partial charge in [0.25, 0.3) is 0 Å². The van der Waals surface area contributed by atoms with Crippen molar-refractivity contribution >= 4 is 6.09 Å². The van der Waals surface area contributed by atoms with Crippen LogP contribution in [0.4, 0.5) is 18.0 Å². The van der Waals surface area contributed by atoms with E-state index in [4.69, 9.17) is 5.53 Å². The van der Waals surface area contributed by atoms with Crippen LogP contribution in [0, 0.1) is 0 Å². The molecule has 1 rings (SSSR count). The topological polar surface area (TPSA) is 87.1 Å². The highest BCUT2D eigenvalue weighted by molar-refractivity contribution is 5.67. The summed E-state index contributed by atoms with van der Waals surface area (Å²) < 4.78 is 42.7. The predicted molar refractivity (Wildman–Crippen MR) is 68.4 cm³/mol. The van der Waals surface area contributed by atoms with Gasteiger partial charge in [0, 0.05) is 4.91 Å². The second-order valence-corrected chi connectivity index (χ2v) is 3.95. The fraction of sp³-hybridized carbons (Fsp3) is 0.417. The minimum Gasteiger partial charge on any atom is -0.450 e. The van der Waals surface area contributed by atoms with E-state index in [0.29, 0.717) is 0 Å². The van der Waals surface area contributed by atoms with Crippen LogP contribution in [0.3, 0.4) is 0 Å².